The van der Waals surface area contributed by atoms with Crippen molar-refractivity contribution in [2.75, 3.05) is 0 Å². The smallest absolute Gasteiger partial charge is 0.344 e. The molecule has 0 radical (unpaired) electrons. The third-order valence-electron chi connectivity index (χ3n) is 6.37. The van der Waals surface area contributed by atoms with Gasteiger partial charge < -0.3 is 19.3 Å². The quantitative estimate of drug-likeness (QED) is 0.534. The van der Waals surface area contributed by atoms with Gasteiger partial charge in [-0.15, -0.1) is 0 Å². The van der Waals surface area contributed by atoms with E-state index in [2.05, 4.69) is 13.8 Å². The second kappa shape index (κ2) is 3.39. The van der Waals surface area contributed by atoms with Gasteiger partial charge in [0.1, 0.15) is 6.10 Å². The van der Waals surface area contributed by atoms with Crippen molar-refractivity contribution in [2.24, 2.45) is 17.3 Å². The summed E-state index contributed by atoms with van der Waals surface area (Å²) in [5.41, 5.74) is -1.86. The predicted molar refractivity (Wildman–Crippen MR) is 68.6 cm³/mol. The van der Waals surface area contributed by atoms with Gasteiger partial charge in [-0.1, -0.05) is 13.8 Å². The first-order valence-electron chi connectivity index (χ1n) is 7.50. The number of esters is 1. The number of aliphatic hydroxyl groups excluding tert-OH is 1. The van der Waals surface area contributed by atoms with Crippen LogP contribution in [0.5, 0.6) is 0 Å². The Morgan fingerprint density at radius 3 is 2.60 bits per heavy atom. The normalized spacial score (nSPS) is 59.2. The minimum absolute atomic E-state index is 0.0569. The van der Waals surface area contributed by atoms with Crippen LogP contribution in [0.1, 0.15) is 40.5 Å². The second-order valence-corrected chi connectivity index (χ2v) is 7.57. The fraction of sp³-hybridized carbons (Fsp3) is 0.933. The van der Waals surface area contributed by atoms with Gasteiger partial charge >= 0.3 is 5.97 Å². The van der Waals surface area contributed by atoms with Crippen LogP contribution in [0.3, 0.4) is 0 Å². The molecule has 4 fully saturated rings. The fourth-order valence-electron chi connectivity index (χ4n) is 5.31. The van der Waals surface area contributed by atoms with Crippen LogP contribution in [0.4, 0.5) is 0 Å². The highest BCUT2D eigenvalue weighted by Crippen LogP contribution is 2.69. The molecule has 5 nitrogen and oxygen atoms in total. The van der Waals surface area contributed by atoms with E-state index in [4.69, 9.17) is 14.2 Å². The van der Waals surface area contributed by atoms with Gasteiger partial charge in [-0.05, 0) is 32.6 Å². The summed E-state index contributed by atoms with van der Waals surface area (Å²) in [6.07, 6.45) is 0.180. The lowest BCUT2D eigenvalue weighted by atomic mass is 9.52. The van der Waals surface area contributed by atoms with Gasteiger partial charge in [0.05, 0.1) is 11.7 Å². The van der Waals surface area contributed by atoms with Crippen LogP contribution in [0.2, 0.25) is 0 Å². The van der Waals surface area contributed by atoms with Crippen molar-refractivity contribution in [3.63, 3.8) is 0 Å². The first kappa shape index (κ1) is 13.0. The van der Waals surface area contributed by atoms with E-state index < -0.39 is 29.0 Å². The van der Waals surface area contributed by atoms with E-state index in [1.165, 1.54) is 0 Å². The molecule has 1 aliphatic carbocycles. The Morgan fingerprint density at radius 1 is 1.20 bits per heavy atom. The molecule has 0 aromatic carbocycles. The zero-order chi connectivity index (χ0) is 14.5. The zero-order valence-corrected chi connectivity index (χ0v) is 12.4. The van der Waals surface area contributed by atoms with Gasteiger partial charge in [0.2, 0.25) is 6.29 Å². The highest BCUT2D eigenvalue weighted by atomic mass is 16.7. The maximum atomic E-state index is 12.6. The third-order valence-corrected chi connectivity index (χ3v) is 6.37. The van der Waals surface area contributed by atoms with E-state index in [-0.39, 0.29) is 23.9 Å². The van der Waals surface area contributed by atoms with Gasteiger partial charge in [-0.3, -0.25) is 0 Å². The molecule has 3 heterocycles. The van der Waals surface area contributed by atoms with Crippen molar-refractivity contribution in [1.82, 2.24) is 0 Å². The Bertz CT molecular complexity index is 489. The highest BCUT2D eigenvalue weighted by molar-refractivity contribution is 5.86. The van der Waals surface area contributed by atoms with Crippen LogP contribution in [-0.4, -0.2) is 40.8 Å². The Kier molecular flexibility index (Phi) is 2.21. The molecule has 0 aromatic rings. The van der Waals surface area contributed by atoms with E-state index in [0.717, 1.165) is 12.8 Å². The van der Waals surface area contributed by atoms with Crippen molar-refractivity contribution < 1.29 is 24.1 Å². The molecule has 7 unspecified atom stereocenters. The Balaban J connectivity index is 1.92. The van der Waals surface area contributed by atoms with Crippen LogP contribution in [0.25, 0.3) is 0 Å². The van der Waals surface area contributed by atoms with Gasteiger partial charge in [0.15, 0.2) is 5.60 Å². The summed E-state index contributed by atoms with van der Waals surface area (Å²) in [5, 5.41) is 10.6. The van der Waals surface area contributed by atoms with Crippen LogP contribution >= 0.6 is 0 Å². The molecular formula is C15H22O5. The molecule has 20 heavy (non-hydrogen) atoms. The number of epoxide rings is 1. The van der Waals surface area contributed by atoms with Crippen molar-refractivity contribution in [3.8, 4) is 0 Å². The number of hydrogen-bond donors (Lipinski definition) is 1. The monoisotopic (exact) mass is 282 g/mol. The summed E-state index contributed by atoms with van der Waals surface area (Å²) >= 11 is 0. The molecule has 2 bridgehead atoms. The Labute approximate surface area is 118 Å². The largest absolute Gasteiger partial charge is 0.431 e. The molecule has 1 saturated carbocycles. The maximum Gasteiger partial charge on any atom is 0.344 e. The number of ether oxygens (including phenoxy) is 3. The number of carbonyl (C=O) groups is 1. The van der Waals surface area contributed by atoms with Crippen molar-refractivity contribution in [3.05, 3.63) is 0 Å². The second-order valence-electron chi connectivity index (χ2n) is 7.57. The summed E-state index contributed by atoms with van der Waals surface area (Å²) in [4.78, 5) is 12.6. The SMILES string of the molecule is CC1CCC2OC23C(=O)OC2OC(C)(C)C(C2O)C13C. The molecule has 0 amide bonds. The number of aliphatic hydroxyl groups is 1. The molecule has 4 rings (SSSR count). The van der Waals surface area contributed by atoms with Crippen molar-refractivity contribution in [1.29, 1.82) is 0 Å². The number of carbonyl (C=O) groups excluding carboxylic acids is 1. The molecule has 3 aliphatic heterocycles. The van der Waals surface area contributed by atoms with Gasteiger partial charge in [-0.25, -0.2) is 4.79 Å². The Morgan fingerprint density at radius 2 is 1.90 bits per heavy atom. The van der Waals surface area contributed by atoms with Crippen LogP contribution < -0.4 is 0 Å². The van der Waals surface area contributed by atoms with Gasteiger partial charge in [0.25, 0.3) is 0 Å². The minimum Gasteiger partial charge on any atom is -0.431 e. The standard InChI is InChI=1S/C15H22O5/c1-7-5-6-8-15(19-8)12(17)18-11-9(16)10(14(7,15)4)13(2,3)20-11/h7-11,16H,5-6H2,1-4H3. The van der Waals surface area contributed by atoms with E-state index in [1.807, 2.05) is 13.8 Å². The van der Waals surface area contributed by atoms with E-state index in [1.54, 1.807) is 0 Å². The molecule has 1 spiro atoms. The van der Waals surface area contributed by atoms with Crippen molar-refractivity contribution >= 4 is 5.97 Å². The molecule has 4 aliphatic rings. The average molecular weight is 282 g/mol. The van der Waals surface area contributed by atoms with Crippen LogP contribution in [-0.2, 0) is 19.0 Å². The maximum absolute atomic E-state index is 12.6. The molecule has 7 atom stereocenters. The van der Waals surface area contributed by atoms with Gasteiger partial charge in [0, 0.05) is 11.3 Å². The van der Waals surface area contributed by atoms with E-state index in [9.17, 15) is 9.90 Å². The third kappa shape index (κ3) is 1.16. The first-order valence-corrected chi connectivity index (χ1v) is 7.50. The molecule has 1 N–H and O–H groups in total. The fourth-order valence-corrected chi connectivity index (χ4v) is 5.31. The zero-order valence-electron chi connectivity index (χ0n) is 12.4. The minimum atomic E-state index is -0.869. The summed E-state index contributed by atoms with van der Waals surface area (Å²) in [6, 6.07) is 0. The number of hydrogen-bond acceptors (Lipinski definition) is 5. The molecule has 5 heteroatoms. The van der Waals surface area contributed by atoms with Crippen LogP contribution in [0.15, 0.2) is 0 Å². The van der Waals surface area contributed by atoms with Gasteiger partial charge in [-0.2, -0.15) is 0 Å². The summed E-state index contributed by atoms with van der Waals surface area (Å²) < 4.78 is 17.1. The first-order chi connectivity index (χ1) is 9.25. The summed E-state index contributed by atoms with van der Waals surface area (Å²) in [7, 11) is 0. The van der Waals surface area contributed by atoms with Crippen LogP contribution in [0, 0.1) is 17.3 Å². The lowest BCUT2D eigenvalue weighted by Crippen LogP contribution is -2.60. The van der Waals surface area contributed by atoms with E-state index in [0.29, 0.717) is 0 Å². The van der Waals surface area contributed by atoms with E-state index >= 15 is 0 Å². The number of rotatable bonds is 0. The molecular weight excluding hydrogens is 260 g/mol. The lowest BCUT2D eigenvalue weighted by molar-refractivity contribution is -0.213. The lowest BCUT2D eigenvalue weighted by Gasteiger charge is -2.50. The van der Waals surface area contributed by atoms with Crippen molar-refractivity contribution in [2.45, 2.75) is 70.2 Å². The summed E-state index contributed by atoms with van der Waals surface area (Å²) in [6.45, 7) is 8.16. The summed E-state index contributed by atoms with van der Waals surface area (Å²) in [5.74, 6) is -0.251. The molecule has 0 aromatic heterocycles. The molecule has 3 saturated heterocycles. The Hall–Kier alpha value is -0.650. The highest BCUT2D eigenvalue weighted by Gasteiger charge is 2.82. The average Bonchev–Trinajstić information content (AvgIpc) is 3.04. The predicted octanol–water partition coefficient (Wildman–Crippen LogP) is 1.23. The number of fused-ring (bicyclic) bond motifs is 3. The molecule has 112 valence electrons. The topological polar surface area (TPSA) is 68.3 Å².